The van der Waals surface area contributed by atoms with Crippen molar-refractivity contribution in [2.75, 3.05) is 12.4 Å². The Morgan fingerprint density at radius 3 is 2.55 bits per heavy atom. The molecule has 0 aliphatic carbocycles. The lowest BCUT2D eigenvalue weighted by atomic mass is 9.87. The molecule has 118 valence electrons. The molecule has 0 radical (unpaired) electrons. The van der Waals surface area contributed by atoms with Crippen LogP contribution in [0.4, 0.5) is 0 Å². The summed E-state index contributed by atoms with van der Waals surface area (Å²) in [6.45, 7) is 8.77. The minimum Gasteiger partial charge on any atom is -0.465 e. The highest BCUT2D eigenvalue weighted by Crippen LogP contribution is 2.34. The van der Waals surface area contributed by atoms with Crippen LogP contribution in [-0.4, -0.2) is 27.9 Å². The van der Waals surface area contributed by atoms with Gasteiger partial charge in [-0.2, -0.15) is 0 Å². The number of hydrogen-bond donors (Lipinski definition) is 0. The molecule has 2 rings (SSSR count). The third kappa shape index (κ3) is 4.30. The minimum absolute atomic E-state index is 0.131. The number of esters is 1. The lowest BCUT2D eigenvalue weighted by molar-refractivity contribution is -0.139. The van der Waals surface area contributed by atoms with Gasteiger partial charge in [-0.15, -0.1) is 5.10 Å². The standard InChI is InChI=1S/C16H20N2O2S2/c1-5-20-13(19)10-21-15-14(22-18-17-15)11-6-8-12(9-7-11)16(2,3)4/h6-9H,5,10H2,1-4H3. The first-order valence-electron chi connectivity index (χ1n) is 7.13. The van der Waals surface area contributed by atoms with Gasteiger partial charge in [0.2, 0.25) is 0 Å². The molecule has 22 heavy (non-hydrogen) atoms. The fourth-order valence-corrected chi connectivity index (χ4v) is 3.50. The number of carbonyl (C=O) groups excluding carboxylic acids is 1. The van der Waals surface area contributed by atoms with Gasteiger partial charge in [-0.05, 0) is 35.0 Å². The van der Waals surface area contributed by atoms with E-state index in [1.807, 2.05) is 0 Å². The quantitative estimate of drug-likeness (QED) is 0.606. The highest BCUT2D eigenvalue weighted by Gasteiger charge is 2.16. The first-order valence-corrected chi connectivity index (χ1v) is 8.89. The van der Waals surface area contributed by atoms with Crippen molar-refractivity contribution in [2.45, 2.75) is 38.1 Å². The molecule has 1 heterocycles. The summed E-state index contributed by atoms with van der Waals surface area (Å²) >= 11 is 2.72. The van der Waals surface area contributed by atoms with Gasteiger partial charge >= 0.3 is 5.97 Å². The molecule has 1 aromatic heterocycles. The Bertz CT molecular complexity index is 630. The molecule has 0 unspecified atom stereocenters. The average molecular weight is 336 g/mol. The van der Waals surface area contributed by atoms with Crippen LogP contribution in [0, 0.1) is 0 Å². The van der Waals surface area contributed by atoms with Crippen LogP contribution in [-0.2, 0) is 14.9 Å². The maximum atomic E-state index is 11.5. The van der Waals surface area contributed by atoms with E-state index in [0.717, 1.165) is 15.5 Å². The molecular formula is C16H20N2O2S2. The molecule has 2 aromatic rings. The Morgan fingerprint density at radius 2 is 1.95 bits per heavy atom. The summed E-state index contributed by atoms with van der Waals surface area (Å²) in [7, 11) is 0. The molecule has 0 N–H and O–H groups in total. The van der Waals surface area contributed by atoms with Gasteiger partial charge in [0.15, 0.2) is 0 Å². The zero-order valence-corrected chi connectivity index (χ0v) is 14.9. The Morgan fingerprint density at radius 1 is 1.27 bits per heavy atom. The summed E-state index contributed by atoms with van der Waals surface area (Å²) in [6, 6.07) is 8.44. The Balaban J connectivity index is 2.13. The van der Waals surface area contributed by atoms with E-state index in [9.17, 15) is 4.79 Å². The van der Waals surface area contributed by atoms with E-state index in [-0.39, 0.29) is 17.1 Å². The minimum atomic E-state index is -0.227. The third-order valence-electron chi connectivity index (χ3n) is 3.10. The summed E-state index contributed by atoms with van der Waals surface area (Å²) in [6.07, 6.45) is 0. The van der Waals surface area contributed by atoms with Crippen LogP contribution in [0.5, 0.6) is 0 Å². The van der Waals surface area contributed by atoms with Crippen molar-refractivity contribution in [3.05, 3.63) is 29.8 Å². The zero-order chi connectivity index (χ0) is 16.2. The smallest absolute Gasteiger partial charge is 0.316 e. The van der Waals surface area contributed by atoms with E-state index in [1.165, 1.54) is 28.9 Å². The summed E-state index contributed by atoms with van der Waals surface area (Å²) in [4.78, 5) is 12.4. The van der Waals surface area contributed by atoms with Gasteiger partial charge in [-0.25, -0.2) is 0 Å². The molecule has 0 saturated carbocycles. The molecule has 4 nitrogen and oxygen atoms in total. The summed E-state index contributed by atoms with van der Waals surface area (Å²) in [5, 5.41) is 4.90. The molecule has 0 atom stereocenters. The summed E-state index contributed by atoms with van der Waals surface area (Å²) < 4.78 is 8.95. The van der Waals surface area contributed by atoms with Crippen molar-refractivity contribution >= 4 is 29.3 Å². The van der Waals surface area contributed by atoms with Crippen molar-refractivity contribution in [3.8, 4) is 10.4 Å². The molecule has 0 aliphatic heterocycles. The number of aromatic nitrogens is 2. The third-order valence-corrected chi connectivity index (χ3v) is 4.95. The Hall–Kier alpha value is -1.40. The first-order chi connectivity index (χ1) is 10.4. The number of nitrogens with zero attached hydrogens (tertiary/aromatic N) is 2. The van der Waals surface area contributed by atoms with Gasteiger partial charge < -0.3 is 4.74 Å². The van der Waals surface area contributed by atoms with Crippen molar-refractivity contribution in [1.29, 1.82) is 0 Å². The fraction of sp³-hybridized carbons (Fsp3) is 0.438. The van der Waals surface area contributed by atoms with E-state index in [2.05, 4.69) is 54.6 Å². The van der Waals surface area contributed by atoms with Gasteiger partial charge in [-0.3, -0.25) is 4.79 Å². The highest BCUT2D eigenvalue weighted by molar-refractivity contribution is 8.00. The topological polar surface area (TPSA) is 52.1 Å². The first kappa shape index (κ1) is 17.0. The van der Waals surface area contributed by atoms with E-state index in [0.29, 0.717) is 6.61 Å². The van der Waals surface area contributed by atoms with Crippen molar-refractivity contribution in [1.82, 2.24) is 9.59 Å². The average Bonchev–Trinajstić information content (AvgIpc) is 2.93. The highest BCUT2D eigenvalue weighted by atomic mass is 32.2. The molecule has 1 aromatic carbocycles. The van der Waals surface area contributed by atoms with E-state index >= 15 is 0 Å². The normalized spacial score (nSPS) is 11.5. The van der Waals surface area contributed by atoms with Crippen LogP contribution < -0.4 is 0 Å². The second kappa shape index (κ2) is 7.24. The van der Waals surface area contributed by atoms with Gasteiger partial charge in [0.05, 0.1) is 17.2 Å². The van der Waals surface area contributed by atoms with Gasteiger partial charge in [0.25, 0.3) is 0 Å². The maximum absolute atomic E-state index is 11.5. The predicted octanol–water partition coefficient (Wildman–Crippen LogP) is 4.16. The van der Waals surface area contributed by atoms with E-state index < -0.39 is 0 Å². The Kier molecular flexibility index (Phi) is 5.58. The van der Waals surface area contributed by atoms with Crippen LogP contribution in [0.3, 0.4) is 0 Å². The van der Waals surface area contributed by atoms with Gasteiger partial charge in [0, 0.05) is 0 Å². The summed E-state index contributed by atoms with van der Waals surface area (Å²) in [5.41, 5.74) is 2.50. The number of rotatable bonds is 5. The fourth-order valence-electron chi connectivity index (χ4n) is 1.90. The van der Waals surface area contributed by atoms with Crippen LogP contribution in [0.2, 0.25) is 0 Å². The maximum Gasteiger partial charge on any atom is 0.316 e. The molecule has 0 saturated heterocycles. The summed E-state index contributed by atoms with van der Waals surface area (Å²) in [5.74, 6) is 0.0290. The Labute approximate surface area is 139 Å². The molecule has 6 heteroatoms. The van der Waals surface area contributed by atoms with E-state index in [1.54, 1.807) is 6.92 Å². The number of ether oxygens (including phenoxy) is 1. The van der Waals surface area contributed by atoms with Crippen LogP contribution >= 0.6 is 23.3 Å². The molecule has 0 spiro atoms. The van der Waals surface area contributed by atoms with Gasteiger partial charge in [0.1, 0.15) is 5.03 Å². The SMILES string of the molecule is CCOC(=O)CSc1nnsc1-c1ccc(C(C)(C)C)cc1. The van der Waals surface area contributed by atoms with Crippen molar-refractivity contribution in [3.63, 3.8) is 0 Å². The predicted molar refractivity (Wildman–Crippen MR) is 91.4 cm³/mol. The number of benzene rings is 1. The second-order valence-electron chi connectivity index (χ2n) is 5.83. The monoisotopic (exact) mass is 336 g/mol. The van der Waals surface area contributed by atoms with E-state index in [4.69, 9.17) is 4.74 Å². The lowest BCUT2D eigenvalue weighted by Gasteiger charge is -2.19. The van der Waals surface area contributed by atoms with Crippen molar-refractivity contribution in [2.24, 2.45) is 0 Å². The number of hydrogen-bond acceptors (Lipinski definition) is 6. The van der Waals surface area contributed by atoms with Crippen LogP contribution in [0.1, 0.15) is 33.3 Å². The van der Waals surface area contributed by atoms with Gasteiger partial charge in [-0.1, -0.05) is 61.3 Å². The molecular weight excluding hydrogens is 316 g/mol. The van der Waals surface area contributed by atoms with Crippen LogP contribution in [0.25, 0.3) is 10.4 Å². The lowest BCUT2D eigenvalue weighted by Crippen LogP contribution is -2.10. The zero-order valence-electron chi connectivity index (χ0n) is 13.3. The molecule has 0 amide bonds. The molecule has 0 bridgehead atoms. The molecule has 0 aliphatic rings. The second-order valence-corrected chi connectivity index (χ2v) is 7.55. The molecule has 0 fully saturated rings. The number of thioether (sulfide) groups is 1. The van der Waals surface area contributed by atoms with Crippen LogP contribution in [0.15, 0.2) is 29.3 Å². The van der Waals surface area contributed by atoms with Crippen molar-refractivity contribution < 1.29 is 9.53 Å². The largest absolute Gasteiger partial charge is 0.465 e. The number of carbonyl (C=O) groups is 1.